The van der Waals surface area contributed by atoms with E-state index < -0.39 is 29.2 Å². The number of anilines is 5. The molecule has 0 unspecified atom stereocenters. The van der Waals surface area contributed by atoms with Crippen LogP contribution in [0.3, 0.4) is 0 Å². The van der Waals surface area contributed by atoms with Crippen LogP contribution >= 0.6 is 0 Å². The molecule has 0 saturated heterocycles. The van der Waals surface area contributed by atoms with Crippen LogP contribution in [0.1, 0.15) is 54.7 Å². The summed E-state index contributed by atoms with van der Waals surface area (Å²) in [5, 5.41) is 33.4. The Morgan fingerprint density at radius 1 is 0.551 bits per heavy atom. The number of rotatable bonds is 6. The van der Waals surface area contributed by atoms with Crippen molar-refractivity contribution in [3.63, 3.8) is 0 Å². The Hall–Kier alpha value is -6.51. The lowest BCUT2D eigenvalue weighted by molar-refractivity contribution is 0.102. The molecule has 0 aliphatic carbocycles. The van der Waals surface area contributed by atoms with Gasteiger partial charge in [-0.2, -0.15) is 0 Å². The maximum Gasteiger partial charge on any atom is 0.323 e. The van der Waals surface area contributed by atoms with Gasteiger partial charge in [0.2, 0.25) is 0 Å². The fourth-order valence-corrected chi connectivity index (χ4v) is 4.18. The van der Waals surface area contributed by atoms with Gasteiger partial charge in [-0.15, -0.1) is 6.42 Å². The summed E-state index contributed by atoms with van der Waals surface area (Å²) >= 11 is 0. The molecule has 0 radical (unpaired) electrons. The molecule has 4 rings (SSSR count). The smallest absolute Gasteiger partial charge is 0.323 e. The van der Waals surface area contributed by atoms with Crippen LogP contribution < -0.4 is 26.6 Å². The summed E-state index contributed by atoms with van der Waals surface area (Å²) in [6, 6.07) is 23.5. The molecule has 5 amide bonds. The number of hydrogen-bond donors (Lipinski definition) is 7. The lowest BCUT2D eigenvalue weighted by Gasteiger charge is -2.14. The van der Waals surface area contributed by atoms with Gasteiger partial charge < -0.3 is 36.8 Å². The van der Waals surface area contributed by atoms with Gasteiger partial charge >= 0.3 is 12.1 Å². The van der Waals surface area contributed by atoms with Gasteiger partial charge in [-0.25, -0.2) is 9.59 Å². The van der Waals surface area contributed by atoms with Crippen LogP contribution in [0.2, 0.25) is 0 Å². The van der Waals surface area contributed by atoms with Gasteiger partial charge in [0.25, 0.3) is 5.91 Å². The van der Waals surface area contributed by atoms with Crippen molar-refractivity contribution in [3.05, 3.63) is 113 Å². The van der Waals surface area contributed by atoms with Crippen LogP contribution in [-0.4, -0.2) is 39.4 Å². The molecule has 0 saturated carbocycles. The Labute approximate surface area is 285 Å². The summed E-state index contributed by atoms with van der Waals surface area (Å²) in [5.41, 5.74) is 1.27. The highest BCUT2D eigenvalue weighted by atomic mass is 16.3. The summed E-state index contributed by atoms with van der Waals surface area (Å²) < 4.78 is 0. The Kier molecular flexibility index (Phi) is 11.1. The van der Waals surface area contributed by atoms with Crippen LogP contribution in [0.15, 0.2) is 91.0 Å². The van der Waals surface area contributed by atoms with Gasteiger partial charge in [0.05, 0.1) is 0 Å². The second kappa shape index (κ2) is 15.4. The average molecular weight is 654 g/mol. The summed E-state index contributed by atoms with van der Waals surface area (Å²) in [6.07, 6.45) is 5.50. The quantitative estimate of drug-likeness (QED) is 0.119. The molecule has 0 aromatic heterocycles. The Bertz CT molecular complexity index is 1950. The van der Waals surface area contributed by atoms with Crippen molar-refractivity contribution < 1.29 is 24.6 Å². The third-order valence-electron chi connectivity index (χ3n) is 6.26. The molecule has 4 aromatic rings. The second-order valence-corrected chi connectivity index (χ2v) is 11.9. The standard InChI is InChI=1S/C39H35N5O5/c1-6-26-10-7-13-30(20-26)40-35(45)29-23-33(43-36(46)41-31-14-8-11-27(21-31)16-18-38(2,3)48)25-34(24-29)44-37(47)42-32-15-9-12-28(22-32)17-19-39(4,5)49/h1,7-15,20-25,48-49H,2-5H3,(H,40,45)(H2,41,43,46)(H2,42,44,47). The minimum absolute atomic E-state index is 0.131. The van der Waals surface area contributed by atoms with E-state index in [1.807, 2.05) is 0 Å². The van der Waals surface area contributed by atoms with E-state index in [2.05, 4.69) is 56.2 Å². The van der Waals surface area contributed by atoms with Crippen LogP contribution in [-0.2, 0) is 0 Å². The van der Waals surface area contributed by atoms with Gasteiger partial charge in [-0.05, 0) is 100 Å². The first kappa shape index (κ1) is 35.3. The van der Waals surface area contributed by atoms with E-state index in [0.29, 0.717) is 33.8 Å². The van der Waals surface area contributed by atoms with Gasteiger partial charge in [-0.1, -0.05) is 47.8 Å². The summed E-state index contributed by atoms with van der Waals surface area (Å²) in [4.78, 5) is 39.4. The highest BCUT2D eigenvalue weighted by Gasteiger charge is 2.14. The van der Waals surface area contributed by atoms with Crippen molar-refractivity contribution in [1.82, 2.24) is 0 Å². The molecule has 0 atom stereocenters. The molecule has 10 nitrogen and oxygen atoms in total. The maximum absolute atomic E-state index is 13.3. The number of nitrogens with one attached hydrogen (secondary N) is 5. The van der Waals surface area contributed by atoms with Gasteiger partial charge in [-0.3, -0.25) is 4.79 Å². The second-order valence-electron chi connectivity index (χ2n) is 11.9. The number of urea groups is 2. The van der Waals surface area contributed by atoms with Gasteiger partial charge in [0, 0.05) is 50.7 Å². The van der Waals surface area contributed by atoms with E-state index in [0.717, 1.165) is 0 Å². The van der Waals surface area contributed by atoms with Crippen molar-refractivity contribution in [2.45, 2.75) is 38.9 Å². The Morgan fingerprint density at radius 3 is 1.37 bits per heavy atom. The van der Waals surface area contributed by atoms with E-state index in [9.17, 15) is 24.6 Å². The molecule has 0 fully saturated rings. The highest BCUT2D eigenvalue weighted by Crippen LogP contribution is 2.22. The zero-order valence-corrected chi connectivity index (χ0v) is 27.4. The minimum Gasteiger partial charge on any atom is -0.378 e. The molecule has 10 heteroatoms. The first-order chi connectivity index (χ1) is 23.1. The van der Waals surface area contributed by atoms with E-state index in [1.165, 1.54) is 18.2 Å². The molecule has 0 bridgehead atoms. The van der Waals surface area contributed by atoms with Crippen molar-refractivity contribution in [2.75, 3.05) is 26.6 Å². The van der Waals surface area contributed by atoms with Crippen molar-refractivity contribution in [2.24, 2.45) is 0 Å². The van der Waals surface area contributed by atoms with Gasteiger partial charge in [0.15, 0.2) is 0 Å². The van der Waals surface area contributed by atoms with Crippen molar-refractivity contribution in [3.8, 4) is 36.0 Å². The summed E-state index contributed by atoms with van der Waals surface area (Å²) in [7, 11) is 0. The number of terminal acetylenes is 1. The molecule has 0 aliphatic heterocycles. The normalized spacial score (nSPS) is 10.6. The fourth-order valence-electron chi connectivity index (χ4n) is 4.18. The third kappa shape index (κ3) is 12.0. The molecule has 49 heavy (non-hydrogen) atoms. The highest BCUT2D eigenvalue weighted by molar-refractivity contribution is 6.08. The van der Waals surface area contributed by atoms with E-state index in [4.69, 9.17) is 6.42 Å². The fraction of sp³-hybridized carbons (Fsp3) is 0.154. The Morgan fingerprint density at radius 2 is 0.939 bits per heavy atom. The number of amides is 5. The van der Waals surface area contributed by atoms with Crippen molar-refractivity contribution >= 4 is 46.4 Å². The minimum atomic E-state index is -1.18. The van der Waals surface area contributed by atoms with Crippen LogP contribution in [0.5, 0.6) is 0 Å². The zero-order chi connectivity index (χ0) is 35.6. The molecule has 7 N–H and O–H groups in total. The third-order valence-corrected chi connectivity index (χ3v) is 6.26. The Balaban J connectivity index is 1.56. The average Bonchev–Trinajstić information content (AvgIpc) is 3.02. The predicted octanol–water partition coefficient (Wildman–Crippen LogP) is 6.45. The molecule has 4 aromatic carbocycles. The first-order valence-electron chi connectivity index (χ1n) is 15.0. The van der Waals surface area contributed by atoms with Crippen LogP contribution in [0.4, 0.5) is 38.0 Å². The number of benzene rings is 4. The monoisotopic (exact) mass is 653 g/mol. The maximum atomic E-state index is 13.3. The SMILES string of the molecule is C#Cc1cccc(NC(=O)c2cc(NC(=O)Nc3cccc(C#CC(C)(C)O)c3)cc(NC(=O)Nc3cccc(C#CC(C)(C)O)c3)c2)c1. The van der Waals surface area contributed by atoms with E-state index in [-0.39, 0.29) is 16.9 Å². The number of hydrogen-bond acceptors (Lipinski definition) is 5. The molecular weight excluding hydrogens is 618 g/mol. The number of aliphatic hydroxyl groups is 2. The molecule has 0 heterocycles. The zero-order valence-electron chi connectivity index (χ0n) is 27.4. The van der Waals surface area contributed by atoms with Crippen LogP contribution in [0, 0.1) is 36.0 Å². The molecular formula is C39H35N5O5. The summed E-state index contributed by atoms with van der Waals surface area (Å²) in [6.45, 7) is 6.27. The van der Waals surface area contributed by atoms with Gasteiger partial charge in [0.1, 0.15) is 11.2 Å². The molecule has 0 aliphatic rings. The lowest BCUT2D eigenvalue weighted by atomic mass is 10.1. The van der Waals surface area contributed by atoms with Crippen molar-refractivity contribution in [1.29, 1.82) is 0 Å². The van der Waals surface area contributed by atoms with Crippen LogP contribution in [0.25, 0.3) is 0 Å². The topological polar surface area (TPSA) is 152 Å². The predicted molar refractivity (Wildman–Crippen MR) is 193 cm³/mol. The summed E-state index contributed by atoms with van der Waals surface area (Å²) in [5.74, 6) is 13.2. The molecule has 0 spiro atoms. The number of carbonyl (C=O) groups is 3. The van der Waals surface area contributed by atoms with E-state index >= 15 is 0 Å². The number of carbonyl (C=O) groups excluding carboxylic acids is 3. The largest absolute Gasteiger partial charge is 0.378 e. The first-order valence-corrected chi connectivity index (χ1v) is 15.0. The lowest BCUT2D eigenvalue weighted by Crippen LogP contribution is -2.22. The molecule has 246 valence electrons. The van der Waals surface area contributed by atoms with E-state index in [1.54, 1.807) is 100 Å².